The number of nitrogens with one attached hydrogen (secondary N) is 1. The molecule has 0 fully saturated rings. The van der Waals surface area contributed by atoms with Gasteiger partial charge < -0.3 is 14.8 Å². The van der Waals surface area contributed by atoms with Crippen molar-refractivity contribution in [1.82, 2.24) is 14.9 Å². The summed E-state index contributed by atoms with van der Waals surface area (Å²) in [5, 5.41) is 21.9. The van der Waals surface area contributed by atoms with Crippen molar-refractivity contribution in [3.05, 3.63) is 52.0 Å². The number of hydrogen-bond donors (Lipinski definition) is 3. The fraction of sp³-hybridized carbons (Fsp3) is 0.312. The van der Waals surface area contributed by atoms with Gasteiger partial charge in [0.25, 0.3) is 0 Å². The first-order chi connectivity index (χ1) is 11.8. The van der Waals surface area contributed by atoms with E-state index < -0.39 is 24.0 Å². The van der Waals surface area contributed by atoms with Gasteiger partial charge in [-0.1, -0.05) is 23.2 Å². The fourth-order valence-electron chi connectivity index (χ4n) is 2.36. The maximum Gasteiger partial charge on any atom is 0.321 e. The number of nitrogens with zero attached hydrogens (tertiary/aromatic N) is 2. The summed E-state index contributed by atoms with van der Waals surface area (Å²) in [5.41, 5.74) is 1.49. The van der Waals surface area contributed by atoms with E-state index in [4.69, 9.17) is 28.3 Å². The zero-order valence-electron chi connectivity index (χ0n) is 13.3. The highest BCUT2D eigenvalue weighted by Gasteiger charge is 2.24. The Labute approximate surface area is 154 Å². The van der Waals surface area contributed by atoms with E-state index in [0.29, 0.717) is 22.3 Å². The van der Waals surface area contributed by atoms with Crippen LogP contribution in [0.5, 0.6) is 0 Å². The summed E-state index contributed by atoms with van der Waals surface area (Å²) in [5.74, 6) is -2.25. The topological polar surface area (TPSA) is 104 Å². The van der Waals surface area contributed by atoms with Crippen molar-refractivity contribution in [1.29, 1.82) is 0 Å². The molecule has 7 nitrogen and oxygen atoms in total. The largest absolute Gasteiger partial charge is 0.480 e. The molecule has 2 aromatic rings. The summed E-state index contributed by atoms with van der Waals surface area (Å²) >= 11 is 12.0. The molecule has 2 rings (SSSR count). The van der Waals surface area contributed by atoms with Crippen molar-refractivity contribution in [2.45, 2.75) is 32.0 Å². The molecule has 0 aliphatic carbocycles. The third-order valence-electron chi connectivity index (χ3n) is 3.61. The van der Waals surface area contributed by atoms with Crippen LogP contribution in [0.3, 0.4) is 0 Å². The van der Waals surface area contributed by atoms with E-state index in [1.165, 1.54) is 6.92 Å². The third-order valence-corrected chi connectivity index (χ3v) is 4.04. The molecule has 0 spiro atoms. The van der Waals surface area contributed by atoms with Crippen LogP contribution in [0.2, 0.25) is 10.0 Å². The van der Waals surface area contributed by atoms with Crippen LogP contribution >= 0.6 is 23.2 Å². The van der Waals surface area contributed by atoms with Crippen LogP contribution in [0.15, 0.2) is 30.7 Å². The lowest BCUT2D eigenvalue weighted by Gasteiger charge is -2.18. The minimum Gasteiger partial charge on any atom is -0.480 e. The average Bonchev–Trinajstić information content (AvgIpc) is 2.92. The number of carbonyl (C=O) groups is 2. The standard InChI is InChI=1S/C16H17Cl2N3O4/c1-9(15(22)23)20-14(16(24)25)5-13-6-19-8-21(13)7-10-2-11(17)4-12(18)3-10/h2-4,6,8-9,14,20H,5,7H2,1H3,(H,22,23)(H,24,25). The van der Waals surface area contributed by atoms with Crippen LogP contribution < -0.4 is 5.32 Å². The number of aromatic nitrogens is 2. The summed E-state index contributed by atoms with van der Waals surface area (Å²) in [6, 6.07) is 3.11. The van der Waals surface area contributed by atoms with Gasteiger partial charge in [-0.05, 0) is 30.7 Å². The molecule has 1 heterocycles. The highest BCUT2D eigenvalue weighted by Crippen LogP contribution is 2.20. The zero-order valence-corrected chi connectivity index (χ0v) is 14.8. The van der Waals surface area contributed by atoms with Gasteiger partial charge in [0.15, 0.2) is 0 Å². The number of halogens is 2. The number of hydrogen-bond acceptors (Lipinski definition) is 4. The Hall–Kier alpha value is -2.09. The molecule has 0 radical (unpaired) electrons. The van der Waals surface area contributed by atoms with Crippen LogP contribution in [0.1, 0.15) is 18.2 Å². The summed E-state index contributed by atoms with van der Waals surface area (Å²) in [7, 11) is 0. The van der Waals surface area contributed by atoms with Gasteiger partial charge >= 0.3 is 11.9 Å². The number of benzene rings is 1. The second-order valence-corrected chi connectivity index (χ2v) is 6.48. The fourth-order valence-corrected chi connectivity index (χ4v) is 2.93. The zero-order chi connectivity index (χ0) is 18.6. The molecule has 1 aromatic heterocycles. The van der Waals surface area contributed by atoms with E-state index in [0.717, 1.165) is 5.56 Å². The van der Waals surface area contributed by atoms with Crippen molar-refractivity contribution in [2.75, 3.05) is 0 Å². The second kappa shape index (κ2) is 8.33. The van der Waals surface area contributed by atoms with Gasteiger partial charge in [-0.3, -0.25) is 14.9 Å². The van der Waals surface area contributed by atoms with Gasteiger partial charge in [-0.2, -0.15) is 0 Å². The van der Waals surface area contributed by atoms with Gasteiger partial charge in [0.1, 0.15) is 12.1 Å². The Morgan fingerprint density at radius 1 is 1.20 bits per heavy atom. The van der Waals surface area contributed by atoms with Crippen LogP contribution in [0, 0.1) is 0 Å². The molecular formula is C16H17Cl2N3O4. The number of carboxylic acid groups (broad SMARTS) is 2. The first-order valence-electron chi connectivity index (χ1n) is 7.42. The molecule has 9 heteroatoms. The maximum absolute atomic E-state index is 11.4. The van der Waals surface area contributed by atoms with E-state index in [-0.39, 0.29) is 6.42 Å². The summed E-state index contributed by atoms with van der Waals surface area (Å²) in [6.07, 6.45) is 3.21. The molecular weight excluding hydrogens is 369 g/mol. The molecule has 0 amide bonds. The summed E-state index contributed by atoms with van der Waals surface area (Å²) in [4.78, 5) is 26.4. The van der Waals surface area contributed by atoms with Crippen molar-refractivity contribution >= 4 is 35.1 Å². The van der Waals surface area contributed by atoms with Crippen LogP contribution in [0.25, 0.3) is 0 Å². The highest BCUT2D eigenvalue weighted by molar-refractivity contribution is 6.34. The Morgan fingerprint density at radius 3 is 2.40 bits per heavy atom. The molecule has 134 valence electrons. The van der Waals surface area contributed by atoms with Crippen molar-refractivity contribution < 1.29 is 19.8 Å². The lowest BCUT2D eigenvalue weighted by atomic mass is 10.1. The predicted octanol–water partition coefficient (Wildman–Crippen LogP) is 2.30. The van der Waals surface area contributed by atoms with Gasteiger partial charge in [0.2, 0.25) is 0 Å². The molecule has 25 heavy (non-hydrogen) atoms. The van der Waals surface area contributed by atoms with Crippen LogP contribution in [0.4, 0.5) is 0 Å². The Bertz CT molecular complexity index is 758. The minimum absolute atomic E-state index is 0.0846. The smallest absolute Gasteiger partial charge is 0.321 e. The number of carboxylic acids is 2. The van der Waals surface area contributed by atoms with Gasteiger partial charge in [-0.25, -0.2) is 4.98 Å². The Kier molecular flexibility index (Phi) is 6.41. The summed E-state index contributed by atoms with van der Waals surface area (Å²) < 4.78 is 1.77. The maximum atomic E-state index is 11.4. The minimum atomic E-state index is -1.13. The highest BCUT2D eigenvalue weighted by atomic mass is 35.5. The molecule has 2 unspecified atom stereocenters. The number of aliphatic carboxylic acids is 2. The normalized spacial score (nSPS) is 13.4. The average molecular weight is 386 g/mol. The summed E-state index contributed by atoms with van der Waals surface area (Å²) in [6.45, 7) is 1.81. The quantitative estimate of drug-likeness (QED) is 0.643. The molecule has 0 saturated heterocycles. The van der Waals surface area contributed by atoms with Crippen molar-refractivity contribution in [3.63, 3.8) is 0 Å². The van der Waals surface area contributed by atoms with Gasteiger partial charge in [0.05, 0.1) is 6.33 Å². The van der Waals surface area contributed by atoms with Gasteiger partial charge in [0, 0.05) is 34.9 Å². The van der Waals surface area contributed by atoms with E-state index in [9.17, 15) is 14.7 Å². The predicted molar refractivity (Wildman–Crippen MR) is 93.2 cm³/mol. The van der Waals surface area contributed by atoms with Crippen LogP contribution in [-0.2, 0) is 22.6 Å². The molecule has 1 aromatic carbocycles. The number of rotatable bonds is 8. The molecule has 0 aliphatic heterocycles. The third kappa shape index (κ3) is 5.45. The van der Waals surface area contributed by atoms with Crippen molar-refractivity contribution in [2.24, 2.45) is 0 Å². The Balaban J connectivity index is 2.16. The molecule has 0 aliphatic rings. The van der Waals surface area contributed by atoms with Gasteiger partial charge in [-0.15, -0.1) is 0 Å². The lowest BCUT2D eigenvalue weighted by molar-refractivity contribution is -0.142. The molecule has 2 atom stereocenters. The first-order valence-corrected chi connectivity index (χ1v) is 8.17. The first kappa shape index (κ1) is 19.2. The van der Waals surface area contributed by atoms with Crippen molar-refractivity contribution in [3.8, 4) is 0 Å². The molecule has 0 bridgehead atoms. The van der Waals surface area contributed by atoms with E-state index in [1.54, 1.807) is 35.3 Å². The Morgan fingerprint density at radius 2 is 1.84 bits per heavy atom. The second-order valence-electron chi connectivity index (χ2n) is 5.61. The monoisotopic (exact) mass is 385 g/mol. The SMILES string of the molecule is CC(NC(Cc1cncn1Cc1cc(Cl)cc(Cl)c1)C(=O)O)C(=O)O. The molecule has 0 saturated carbocycles. The molecule has 3 N–H and O–H groups in total. The van der Waals surface area contributed by atoms with E-state index >= 15 is 0 Å². The number of imidazole rings is 1. The van der Waals surface area contributed by atoms with E-state index in [2.05, 4.69) is 10.3 Å². The lowest BCUT2D eigenvalue weighted by Crippen LogP contribution is -2.47. The van der Waals surface area contributed by atoms with E-state index in [1.807, 2.05) is 0 Å². The van der Waals surface area contributed by atoms with Crippen LogP contribution in [-0.4, -0.2) is 43.8 Å².